The minimum atomic E-state index is -0.353. The van der Waals surface area contributed by atoms with Gasteiger partial charge in [0.2, 0.25) is 17.7 Å². The second kappa shape index (κ2) is 9.17. The molecule has 3 amide bonds. The van der Waals surface area contributed by atoms with Crippen molar-refractivity contribution < 1.29 is 14.4 Å². The number of carbonyl (C=O) groups excluding carboxylic acids is 3. The topological polar surface area (TPSA) is 78.5 Å². The summed E-state index contributed by atoms with van der Waals surface area (Å²) >= 11 is 0. The second-order valence-electron chi connectivity index (χ2n) is 7.08. The second-order valence-corrected chi connectivity index (χ2v) is 7.08. The molecule has 1 aliphatic rings. The predicted molar refractivity (Wildman–Crippen MR) is 109 cm³/mol. The molecule has 2 aromatic carbocycles. The van der Waals surface area contributed by atoms with Crippen LogP contribution in [0.25, 0.3) is 0 Å². The van der Waals surface area contributed by atoms with Gasteiger partial charge in [-0.1, -0.05) is 36.4 Å². The molecular weight excluding hydrogens is 354 g/mol. The highest BCUT2D eigenvalue weighted by Gasteiger charge is 2.33. The molecule has 0 aromatic heterocycles. The fourth-order valence-corrected chi connectivity index (χ4v) is 3.40. The van der Waals surface area contributed by atoms with Crippen LogP contribution in [-0.4, -0.2) is 35.7 Å². The van der Waals surface area contributed by atoms with E-state index in [1.807, 2.05) is 18.2 Å². The molecule has 1 atom stereocenters. The fourth-order valence-electron chi connectivity index (χ4n) is 3.40. The molecule has 1 saturated heterocycles. The lowest BCUT2D eigenvalue weighted by Gasteiger charge is -2.16. The Balaban J connectivity index is 1.50. The van der Waals surface area contributed by atoms with Gasteiger partial charge in [-0.2, -0.15) is 0 Å². The number of aryl methyl sites for hydroxylation is 1. The molecule has 1 fully saturated rings. The van der Waals surface area contributed by atoms with Gasteiger partial charge in [-0.15, -0.1) is 0 Å². The van der Waals surface area contributed by atoms with Gasteiger partial charge < -0.3 is 15.5 Å². The van der Waals surface area contributed by atoms with Gasteiger partial charge in [0.05, 0.1) is 5.92 Å². The van der Waals surface area contributed by atoms with Gasteiger partial charge in [0.25, 0.3) is 0 Å². The highest BCUT2D eigenvalue weighted by atomic mass is 16.2. The molecule has 146 valence electrons. The van der Waals surface area contributed by atoms with Crippen molar-refractivity contribution in [2.24, 2.45) is 5.92 Å². The summed E-state index contributed by atoms with van der Waals surface area (Å²) in [5.41, 5.74) is 2.48. The maximum atomic E-state index is 12.6. The van der Waals surface area contributed by atoms with E-state index in [1.165, 1.54) is 12.5 Å². The molecule has 0 spiro atoms. The number of carbonyl (C=O) groups is 3. The van der Waals surface area contributed by atoms with Crippen molar-refractivity contribution in [3.05, 3.63) is 60.2 Å². The Bertz CT molecular complexity index is 851. The zero-order valence-corrected chi connectivity index (χ0v) is 16.0. The summed E-state index contributed by atoms with van der Waals surface area (Å²) in [6.07, 6.45) is 2.03. The van der Waals surface area contributed by atoms with Crippen molar-refractivity contribution in [3.8, 4) is 0 Å². The first-order valence-electron chi connectivity index (χ1n) is 9.51. The lowest BCUT2D eigenvalue weighted by molar-refractivity contribution is -0.128. The molecule has 0 saturated carbocycles. The number of hydrogen-bond donors (Lipinski definition) is 2. The molecule has 0 radical (unpaired) electrons. The smallest absolute Gasteiger partial charge is 0.229 e. The molecule has 28 heavy (non-hydrogen) atoms. The van der Waals surface area contributed by atoms with Gasteiger partial charge >= 0.3 is 0 Å². The van der Waals surface area contributed by atoms with E-state index in [0.717, 1.165) is 12.8 Å². The van der Waals surface area contributed by atoms with Crippen LogP contribution in [0.5, 0.6) is 0 Å². The van der Waals surface area contributed by atoms with Crippen molar-refractivity contribution >= 4 is 29.1 Å². The van der Waals surface area contributed by atoms with Gasteiger partial charge in [-0.05, 0) is 36.6 Å². The first-order valence-corrected chi connectivity index (χ1v) is 9.51. The van der Waals surface area contributed by atoms with Gasteiger partial charge in [-0.25, -0.2) is 0 Å². The van der Waals surface area contributed by atoms with Crippen molar-refractivity contribution in [1.82, 2.24) is 4.90 Å². The van der Waals surface area contributed by atoms with Crippen LogP contribution in [0.2, 0.25) is 0 Å². The summed E-state index contributed by atoms with van der Waals surface area (Å²) in [4.78, 5) is 37.8. The number of nitrogens with one attached hydrogen (secondary N) is 2. The van der Waals surface area contributed by atoms with Crippen molar-refractivity contribution in [3.63, 3.8) is 0 Å². The molecule has 1 heterocycles. The number of rotatable bonds is 7. The summed E-state index contributed by atoms with van der Waals surface area (Å²) in [6.45, 7) is 2.54. The number of nitrogens with zero attached hydrogens (tertiary/aromatic N) is 1. The highest BCUT2D eigenvalue weighted by Crippen LogP contribution is 2.22. The van der Waals surface area contributed by atoms with Crippen LogP contribution in [0.15, 0.2) is 54.6 Å². The molecule has 3 rings (SSSR count). The zero-order valence-electron chi connectivity index (χ0n) is 16.0. The summed E-state index contributed by atoms with van der Waals surface area (Å²) < 4.78 is 0. The third-order valence-electron chi connectivity index (χ3n) is 4.77. The van der Waals surface area contributed by atoms with Gasteiger partial charge in [0.15, 0.2) is 0 Å². The first kappa shape index (κ1) is 19.6. The van der Waals surface area contributed by atoms with Crippen LogP contribution >= 0.6 is 0 Å². The minimum absolute atomic E-state index is 0.0280. The molecule has 2 N–H and O–H groups in total. The minimum Gasteiger partial charge on any atom is -0.342 e. The quantitative estimate of drug-likeness (QED) is 0.776. The van der Waals surface area contributed by atoms with E-state index in [0.29, 0.717) is 24.5 Å². The van der Waals surface area contributed by atoms with E-state index in [4.69, 9.17) is 0 Å². The monoisotopic (exact) mass is 379 g/mol. The fraction of sp³-hybridized carbons (Fsp3) is 0.318. The van der Waals surface area contributed by atoms with Gasteiger partial charge in [0, 0.05) is 37.8 Å². The molecule has 6 nitrogen and oxygen atoms in total. The Morgan fingerprint density at radius 3 is 2.46 bits per heavy atom. The Morgan fingerprint density at radius 2 is 1.75 bits per heavy atom. The third-order valence-corrected chi connectivity index (χ3v) is 4.77. The molecule has 1 unspecified atom stereocenters. The Labute approximate surface area is 164 Å². The third kappa shape index (κ3) is 5.42. The van der Waals surface area contributed by atoms with E-state index in [1.54, 1.807) is 29.2 Å². The predicted octanol–water partition coefficient (Wildman–Crippen LogP) is 3.06. The lowest BCUT2D eigenvalue weighted by atomic mass is 10.1. The molecule has 1 aliphatic heterocycles. The Hall–Kier alpha value is -3.15. The normalized spacial score (nSPS) is 16.1. The lowest BCUT2D eigenvalue weighted by Crippen LogP contribution is -2.29. The number of benzene rings is 2. The average Bonchev–Trinajstić information content (AvgIpc) is 3.03. The zero-order chi connectivity index (χ0) is 19.9. The van der Waals surface area contributed by atoms with E-state index in [-0.39, 0.29) is 30.1 Å². The van der Waals surface area contributed by atoms with Crippen LogP contribution in [0, 0.1) is 5.92 Å². The molecule has 0 bridgehead atoms. The van der Waals surface area contributed by atoms with Crippen LogP contribution in [0.1, 0.15) is 25.3 Å². The van der Waals surface area contributed by atoms with Crippen LogP contribution in [-0.2, 0) is 20.8 Å². The van der Waals surface area contributed by atoms with Crippen LogP contribution < -0.4 is 10.6 Å². The van der Waals surface area contributed by atoms with E-state index in [2.05, 4.69) is 22.8 Å². The number of hydrogen-bond acceptors (Lipinski definition) is 3. The summed E-state index contributed by atoms with van der Waals surface area (Å²) in [6, 6.07) is 17.2. The van der Waals surface area contributed by atoms with E-state index in [9.17, 15) is 14.4 Å². The standard InChI is InChI=1S/C22H25N3O3/c1-16(26)23-19-10-5-11-20(14-19)24-22(28)18-13-21(27)25(15-18)12-6-9-17-7-3-2-4-8-17/h2-5,7-8,10-11,14,18H,6,9,12-13,15H2,1H3,(H,23,26)(H,24,28). The maximum absolute atomic E-state index is 12.6. The summed E-state index contributed by atoms with van der Waals surface area (Å²) in [5.74, 6) is -0.663. The summed E-state index contributed by atoms with van der Waals surface area (Å²) in [5, 5.41) is 5.54. The van der Waals surface area contributed by atoms with Gasteiger partial charge in [-0.3, -0.25) is 14.4 Å². The van der Waals surface area contributed by atoms with E-state index >= 15 is 0 Å². The van der Waals surface area contributed by atoms with E-state index < -0.39 is 0 Å². The summed E-state index contributed by atoms with van der Waals surface area (Å²) in [7, 11) is 0. The first-order chi connectivity index (χ1) is 13.5. The average molecular weight is 379 g/mol. The number of likely N-dealkylation sites (tertiary alicyclic amines) is 1. The van der Waals surface area contributed by atoms with Crippen molar-refractivity contribution in [2.45, 2.75) is 26.2 Å². The molecule has 0 aliphatic carbocycles. The Morgan fingerprint density at radius 1 is 1.04 bits per heavy atom. The largest absolute Gasteiger partial charge is 0.342 e. The van der Waals surface area contributed by atoms with Crippen molar-refractivity contribution in [1.29, 1.82) is 0 Å². The molecule has 6 heteroatoms. The Kier molecular flexibility index (Phi) is 6.42. The van der Waals surface area contributed by atoms with Crippen LogP contribution in [0.4, 0.5) is 11.4 Å². The number of anilines is 2. The maximum Gasteiger partial charge on any atom is 0.229 e. The van der Waals surface area contributed by atoms with Gasteiger partial charge in [0.1, 0.15) is 0 Å². The molecular formula is C22H25N3O3. The van der Waals surface area contributed by atoms with Crippen LogP contribution in [0.3, 0.4) is 0 Å². The molecule has 2 aromatic rings. The van der Waals surface area contributed by atoms with Crippen molar-refractivity contribution in [2.75, 3.05) is 23.7 Å². The number of amides is 3. The highest BCUT2D eigenvalue weighted by molar-refractivity contribution is 5.98. The SMILES string of the molecule is CC(=O)Nc1cccc(NC(=O)C2CC(=O)N(CCCc3ccccc3)C2)c1.